The molecule has 0 aromatic heterocycles. The molecule has 0 radical (unpaired) electrons. The maximum absolute atomic E-state index is 12.4. The Morgan fingerprint density at radius 2 is 1.81 bits per heavy atom. The van der Waals surface area contributed by atoms with Crippen LogP contribution in [0.5, 0.6) is 0 Å². The maximum Gasteiger partial charge on any atom is 0.345 e. The van der Waals surface area contributed by atoms with Gasteiger partial charge in [-0.3, -0.25) is 9.59 Å². The molecule has 142 valence electrons. The minimum Gasteiger partial charge on any atom is -0.478 e. The summed E-state index contributed by atoms with van der Waals surface area (Å²) < 4.78 is 10.8. The Balaban J connectivity index is 2.00. The van der Waals surface area contributed by atoms with Crippen molar-refractivity contribution in [1.29, 1.82) is 0 Å². The zero-order valence-electron chi connectivity index (χ0n) is 14.9. The zero-order valence-corrected chi connectivity index (χ0v) is 14.9. The molecule has 26 heavy (non-hydrogen) atoms. The third kappa shape index (κ3) is 6.15. The zero-order chi connectivity index (χ0) is 19.0. The number of aliphatic carboxylic acids is 1. The molecule has 0 aliphatic heterocycles. The van der Waals surface area contributed by atoms with Gasteiger partial charge in [-0.1, -0.05) is 36.8 Å². The van der Waals surface area contributed by atoms with Gasteiger partial charge in [0.1, 0.15) is 5.72 Å². The number of carbonyl (C=O) groups is 3. The van der Waals surface area contributed by atoms with Crippen LogP contribution in [0, 0.1) is 0 Å². The van der Waals surface area contributed by atoms with Gasteiger partial charge >= 0.3 is 11.9 Å². The van der Waals surface area contributed by atoms with E-state index in [0.717, 1.165) is 31.7 Å². The minimum atomic E-state index is -1.50. The molecule has 1 saturated carbocycles. The molecular formula is C19H25NO6. The van der Waals surface area contributed by atoms with E-state index in [-0.39, 0.29) is 0 Å². The summed E-state index contributed by atoms with van der Waals surface area (Å²) in [5, 5.41) is 12.0. The van der Waals surface area contributed by atoms with Gasteiger partial charge < -0.3 is 19.9 Å². The van der Waals surface area contributed by atoms with Crippen molar-refractivity contribution >= 4 is 17.8 Å². The molecule has 0 saturated heterocycles. The number of esters is 1. The van der Waals surface area contributed by atoms with E-state index in [1.807, 2.05) is 30.3 Å². The molecule has 1 aromatic carbocycles. The van der Waals surface area contributed by atoms with E-state index in [4.69, 9.17) is 14.6 Å². The Hall–Kier alpha value is -2.41. The number of nitrogens with one attached hydrogen (secondary N) is 1. The molecule has 0 spiro atoms. The number of hydrogen-bond acceptors (Lipinski definition) is 5. The maximum atomic E-state index is 12.4. The Bertz CT molecular complexity index is 624. The third-order valence-corrected chi connectivity index (χ3v) is 4.34. The molecule has 1 fully saturated rings. The fourth-order valence-electron chi connectivity index (χ4n) is 3.08. The second kappa shape index (κ2) is 9.33. The van der Waals surface area contributed by atoms with E-state index < -0.39 is 36.1 Å². The minimum absolute atomic E-state index is 0.355. The van der Waals surface area contributed by atoms with Gasteiger partial charge in [0, 0.05) is 6.92 Å². The summed E-state index contributed by atoms with van der Waals surface area (Å²) in [7, 11) is 0. The van der Waals surface area contributed by atoms with Crippen LogP contribution in [0.1, 0.15) is 51.0 Å². The second-order valence-electron chi connectivity index (χ2n) is 6.52. The molecule has 1 aliphatic rings. The van der Waals surface area contributed by atoms with Crippen LogP contribution in [0.3, 0.4) is 0 Å². The molecule has 2 rings (SSSR count). The van der Waals surface area contributed by atoms with Gasteiger partial charge in [0.25, 0.3) is 0 Å². The number of amides is 1. The lowest BCUT2D eigenvalue weighted by molar-refractivity contribution is -0.165. The lowest BCUT2D eigenvalue weighted by Crippen LogP contribution is -2.52. The first kappa shape index (κ1) is 19.9. The second-order valence-corrected chi connectivity index (χ2v) is 6.52. The van der Waals surface area contributed by atoms with Crippen LogP contribution in [0.2, 0.25) is 0 Å². The van der Waals surface area contributed by atoms with Gasteiger partial charge in [-0.2, -0.15) is 0 Å². The van der Waals surface area contributed by atoms with Crippen molar-refractivity contribution in [3.63, 3.8) is 0 Å². The van der Waals surface area contributed by atoms with E-state index in [9.17, 15) is 14.4 Å². The topological polar surface area (TPSA) is 102 Å². The highest BCUT2D eigenvalue weighted by molar-refractivity contribution is 5.85. The Kier molecular flexibility index (Phi) is 7.15. The van der Waals surface area contributed by atoms with E-state index in [0.29, 0.717) is 19.4 Å². The molecule has 1 aliphatic carbocycles. The smallest absolute Gasteiger partial charge is 0.345 e. The fraction of sp³-hybridized carbons (Fsp3) is 0.526. The molecular weight excluding hydrogens is 338 g/mol. The first-order chi connectivity index (χ1) is 12.4. The summed E-state index contributed by atoms with van der Waals surface area (Å²) in [6.45, 7) is 1.47. The molecule has 2 N–H and O–H groups in total. The monoisotopic (exact) mass is 363 g/mol. The van der Waals surface area contributed by atoms with Crippen LogP contribution in [0.4, 0.5) is 0 Å². The summed E-state index contributed by atoms with van der Waals surface area (Å²) >= 11 is 0. The molecule has 1 amide bonds. The average molecular weight is 363 g/mol. The summed E-state index contributed by atoms with van der Waals surface area (Å²) in [4.78, 5) is 34.6. The van der Waals surface area contributed by atoms with Gasteiger partial charge in [-0.05, 0) is 31.2 Å². The van der Waals surface area contributed by atoms with Crippen molar-refractivity contribution in [3.8, 4) is 0 Å². The molecule has 0 unspecified atom stereocenters. The lowest BCUT2D eigenvalue weighted by Gasteiger charge is -2.38. The van der Waals surface area contributed by atoms with Crippen LogP contribution in [0.25, 0.3) is 0 Å². The van der Waals surface area contributed by atoms with Gasteiger partial charge in [0.2, 0.25) is 12.0 Å². The Labute approximate surface area is 152 Å². The van der Waals surface area contributed by atoms with E-state index in [1.54, 1.807) is 0 Å². The largest absolute Gasteiger partial charge is 0.478 e. The molecule has 0 bridgehead atoms. The third-order valence-electron chi connectivity index (χ3n) is 4.34. The Morgan fingerprint density at radius 1 is 1.15 bits per heavy atom. The SMILES string of the molecule is CC(=O)O[C@H](CC(=O)NC1(OCc2ccccc2)CCCCC1)C(=O)O. The molecule has 0 heterocycles. The molecule has 1 atom stereocenters. The highest BCUT2D eigenvalue weighted by atomic mass is 16.6. The van der Waals surface area contributed by atoms with Crippen molar-refractivity contribution in [3.05, 3.63) is 35.9 Å². The normalized spacial score (nSPS) is 17.1. The van der Waals surface area contributed by atoms with Crippen LogP contribution in [-0.2, 0) is 30.5 Å². The van der Waals surface area contributed by atoms with Gasteiger partial charge in [-0.25, -0.2) is 4.79 Å². The summed E-state index contributed by atoms with van der Waals surface area (Å²) in [6, 6.07) is 9.64. The van der Waals surface area contributed by atoms with Crippen molar-refractivity contribution in [1.82, 2.24) is 5.32 Å². The predicted octanol–water partition coefficient (Wildman–Crippen LogP) is 2.39. The van der Waals surface area contributed by atoms with Crippen molar-refractivity contribution < 1.29 is 29.0 Å². The Morgan fingerprint density at radius 3 is 2.38 bits per heavy atom. The quantitative estimate of drug-likeness (QED) is 0.543. The first-order valence-corrected chi connectivity index (χ1v) is 8.79. The van der Waals surface area contributed by atoms with E-state index >= 15 is 0 Å². The highest BCUT2D eigenvalue weighted by Gasteiger charge is 2.36. The van der Waals surface area contributed by atoms with Crippen LogP contribution < -0.4 is 5.32 Å². The average Bonchev–Trinajstić information content (AvgIpc) is 2.61. The van der Waals surface area contributed by atoms with E-state index in [2.05, 4.69) is 5.32 Å². The fourth-order valence-corrected chi connectivity index (χ4v) is 3.08. The summed E-state index contributed by atoms with van der Waals surface area (Å²) in [6.07, 6.45) is 2.29. The van der Waals surface area contributed by atoms with Gasteiger partial charge in [0.15, 0.2) is 0 Å². The number of carboxylic acids is 1. The predicted molar refractivity (Wildman–Crippen MR) is 93.0 cm³/mol. The van der Waals surface area contributed by atoms with Crippen LogP contribution >= 0.6 is 0 Å². The molecule has 7 nitrogen and oxygen atoms in total. The standard InChI is InChI=1S/C19H25NO6/c1-14(21)26-16(18(23)24)12-17(22)20-19(10-6-3-7-11-19)25-13-15-8-4-2-5-9-15/h2,4-5,8-9,16H,3,6-7,10-13H2,1H3,(H,20,22)(H,23,24)/t16-/m1/s1. The van der Waals surface area contributed by atoms with Crippen molar-refractivity contribution in [2.45, 2.75) is 63.9 Å². The first-order valence-electron chi connectivity index (χ1n) is 8.79. The number of ether oxygens (including phenoxy) is 2. The van der Waals surface area contributed by atoms with E-state index in [1.165, 1.54) is 0 Å². The highest BCUT2D eigenvalue weighted by Crippen LogP contribution is 2.30. The van der Waals surface area contributed by atoms with Crippen molar-refractivity contribution in [2.24, 2.45) is 0 Å². The molecule has 1 aromatic rings. The lowest BCUT2D eigenvalue weighted by atomic mass is 9.91. The number of benzene rings is 1. The van der Waals surface area contributed by atoms with Gasteiger partial charge in [0.05, 0.1) is 13.0 Å². The number of carboxylic acid groups (broad SMARTS) is 1. The number of rotatable bonds is 8. The summed E-state index contributed by atoms with van der Waals surface area (Å²) in [5.74, 6) is -2.59. The summed E-state index contributed by atoms with van der Waals surface area (Å²) in [5.41, 5.74) is 0.180. The van der Waals surface area contributed by atoms with Gasteiger partial charge in [-0.15, -0.1) is 0 Å². The number of carbonyl (C=O) groups excluding carboxylic acids is 2. The molecule has 7 heteroatoms. The number of hydrogen-bond donors (Lipinski definition) is 2. The van der Waals surface area contributed by atoms with Crippen molar-refractivity contribution in [2.75, 3.05) is 0 Å². The van der Waals surface area contributed by atoms with Crippen LogP contribution in [0.15, 0.2) is 30.3 Å². The van der Waals surface area contributed by atoms with Crippen LogP contribution in [-0.4, -0.2) is 34.8 Å².